The Bertz CT molecular complexity index is 2090. The Morgan fingerprint density at radius 2 is 1.37 bits per heavy atom. The van der Waals surface area contributed by atoms with Crippen molar-refractivity contribution in [3.8, 4) is 0 Å². The third-order valence-corrected chi connectivity index (χ3v) is 15.1. The predicted octanol–water partition coefficient (Wildman–Crippen LogP) is 8.05. The van der Waals surface area contributed by atoms with Crippen LogP contribution in [0.25, 0.3) is 0 Å². The lowest BCUT2D eigenvalue weighted by Crippen LogP contribution is -2.64. The quantitative estimate of drug-likeness (QED) is 0.0996. The summed E-state index contributed by atoms with van der Waals surface area (Å²) in [6, 6.07) is 17.2. The third-order valence-electron chi connectivity index (χ3n) is 15.1. The lowest BCUT2D eigenvalue weighted by Gasteiger charge is -2.51. The predicted molar refractivity (Wildman–Crippen MR) is 261 cm³/mol. The molecule has 4 aliphatic heterocycles. The molecule has 4 heterocycles. The monoisotopic (exact) mass is 981 g/mol. The van der Waals surface area contributed by atoms with Crippen LogP contribution in [0.15, 0.2) is 72.8 Å². The van der Waals surface area contributed by atoms with Crippen molar-refractivity contribution in [2.75, 3.05) is 28.3 Å². The van der Waals surface area contributed by atoms with Gasteiger partial charge in [0.25, 0.3) is 0 Å². The van der Waals surface area contributed by atoms with Gasteiger partial charge in [-0.2, -0.15) is 0 Å². The van der Waals surface area contributed by atoms with Crippen LogP contribution in [0.2, 0.25) is 0 Å². The van der Waals surface area contributed by atoms with Crippen LogP contribution in [0.5, 0.6) is 0 Å². The summed E-state index contributed by atoms with van der Waals surface area (Å²) < 4.78 is 66.3. The maximum Gasteiger partial charge on any atom is 0.338 e. The van der Waals surface area contributed by atoms with Gasteiger partial charge in [0.15, 0.2) is 18.2 Å². The van der Waals surface area contributed by atoms with Crippen molar-refractivity contribution in [3.63, 3.8) is 0 Å². The highest BCUT2D eigenvalue weighted by Gasteiger charge is 2.56. The molecule has 2 aromatic carbocycles. The normalized spacial score (nSPS) is 39.8. The molecule has 0 aromatic heterocycles. The van der Waals surface area contributed by atoms with Crippen LogP contribution in [0, 0.1) is 23.7 Å². The van der Waals surface area contributed by atoms with E-state index in [2.05, 4.69) is 6.58 Å². The zero-order valence-electron chi connectivity index (χ0n) is 44.2. The molecule has 390 valence electrons. The molecular formula is C55H82NO14+. The van der Waals surface area contributed by atoms with E-state index in [0.29, 0.717) is 34.0 Å². The molecule has 0 aliphatic carbocycles. The molecule has 18 atom stereocenters. The topological polar surface area (TPSA) is 164 Å². The second-order valence-electron chi connectivity index (χ2n) is 22.3. The van der Waals surface area contributed by atoms with Crippen molar-refractivity contribution >= 4 is 17.9 Å². The van der Waals surface area contributed by atoms with Gasteiger partial charge in [0, 0.05) is 31.8 Å². The van der Waals surface area contributed by atoms with Gasteiger partial charge in [-0.3, -0.25) is 4.79 Å². The molecule has 6 rings (SSSR count). The van der Waals surface area contributed by atoms with Gasteiger partial charge >= 0.3 is 17.9 Å². The first-order chi connectivity index (χ1) is 32.7. The van der Waals surface area contributed by atoms with E-state index in [4.69, 9.17) is 47.4 Å². The minimum absolute atomic E-state index is 0.0938. The number of aliphatic hydroxyl groups is 1. The number of nitrogens with zero attached hydrogens (tertiary/aromatic N) is 1. The maximum absolute atomic E-state index is 14.8. The highest BCUT2D eigenvalue weighted by molar-refractivity contribution is 5.90. The summed E-state index contributed by atoms with van der Waals surface area (Å²) in [6.07, 6.45) is -7.68. The average Bonchev–Trinajstić information content (AvgIpc) is 3.30. The van der Waals surface area contributed by atoms with E-state index >= 15 is 0 Å². The molecule has 2 aromatic rings. The number of cyclic esters (lactones) is 1. The smallest absolute Gasteiger partial charge is 0.338 e. The molecule has 0 saturated carbocycles. The number of hydrogen-bond acceptors (Lipinski definition) is 14. The number of hydrogen-bond donors (Lipinski definition) is 1. The number of benzene rings is 2. The van der Waals surface area contributed by atoms with Crippen LogP contribution in [0.4, 0.5) is 0 Å². The van der Waals surface area contributed by atoms with Crippen molar-refractivity contribution in [3.05, 3.63) is 83.9 Å². The largest absolute Gasteiger partial charge is 0.457 e. The number of fused-ring (bicyclic) bond motifs is 2. The second-order valence-corrected chi connectivity index (χ2v) is 22.3. The van der Waals surface area contributed by atoms with Gasteiger partial charge in [0.1, 0.15) is 17.7 Å². The number of carbonyl (C=O) groups is 3. The molecule has 4 saturated heterocycles. The number of quaternary nitrogens is 1. The van der Waals surface area contributed by atoms with Crippen LogP contribution in [0.1, 0.15) is 123 Å². The first-order valence-electron chi connectivity index (χ1n) is 25.2. The molecule has 15 nitrogen and oxygen atoms in total. The van der Waals surface area contributed by atoms with Crippen LogP contribution < -0.4 is 0 Å². The Morgan fingerprint density at radius 3 is 1.93 bits per heavy atom. The van der Waals surface area contributed by atoms with E-state index in [9.17, 15) is 19.5 Å². The SMILES string of the molecule is C=C1C(CC)OC(=O)[C@H](C)C(O[C@H]2C[C@@](C)(OC)[C@@H](OC(=O)c3ccccc3)[C@H](C)O2)[C@H](C)[C@@H](O[C@@H]2O[C@H](C)C[C@H]([N+](C)(C)C)[C@H]2OC(=O)c2ccccc2)[C@](C)(O)C[C@@H](C)[C@@H]2OC(C)(C)O[C@@H]1[C@H]2C. The summed E-state index contributed by atoms with van der Waals surface area (Å²) in [4.78, 5) is 42.2. The first kappa shape index (κ1) is 55.5. The van der Waals surface area contributed by atoms with Crippen LogP contribution in [-0.2, 0) is 52.2 Å². The van der Waals surface area contributed by atoms with Crippen molar-refractivity contribution in [2.45, 2.75) is 192 Å². The second kappa shape index (κ2) is 22.1. The van der Waals surface area contributed by atoms with Gasteiger partial charge in [0.05, 0.1) is 80.4 Å². The van der Waals surface area contributed by atoms with Crippen molar-refractivity contribution < 1.29 is 71.3 Å². The molecule has 0 spiro atoms. The zero-order valence-corrected chi connectivity index (χ0v) is 44.2. The Labute approximate surface area is 416 Å². The van der Waals surface area contributed by atoms with E-state index in [0.717, 1.165) is 0 Å². The van der Waals surface area contributed by atoms with Gasteiger partial charge in [-0.1, -0.05) is 70.7 Å². The summed E-state index contributed by atoms with van der Waals surface area (Å²) >= 11 is 0. The van der Waals surface area contributed by atoms with Crippen molar-refractivity contribution in [2.24, 2.45) is 23.7 Å². The minimum atomic E-state index is -1.68. The molecule has 0 radical (unpaired) electrons. The standard InChI is InChI=1S/C55H82NO14/c1-17-41-33(4)45-34(5)43(69-53(9,10)70-45)31(2)29-54(11,60)47(68-52-46(40(56(13,14)15)28-32(3)62-52)66-50(58)38-24-20-18-21-25-38)35(6)44(36(7)49(57)64-41)65-42-30-55(12,61-16)48(37(8)63-42)67-51(59)39-26-22-19-23-27-39/h18-27,31-32,34-37,40-48,52,60H,4,17,28-30H2,1-3,5-16H3/q+1/t31-,32-,34+,35+,36-,37+,40+,41?,42+,43+,44?,45+,46-,47-,48+,52+,54-,55-/m1/s1. The van der Waals surface area contributed by atoms with Crippen LogP contribution >= 0.6 is 0 Å². The number of carbonyl (C=O) groups excluding carboxylic acids is 3. The van der Waals surface area contributed by atoms with Gasteiger partial charge in [0.2, 0.25) is 12.4 Å². The highest BCUT2D eigenvalue weighted by Crippen LogP contribution is 2.45. The van der Waals surface area contributed by atoms with E-state index in [1.54, 1.807) is 76.4 Å². The fourth-order valence-corrected chi connectivity index (χ4v) is 11.3. The molecule has 1 N–H and O–H groups in total. The summed E-state index contributed by atoms with van der Waals surface area (Å²) in [5.41, 5.74) is -1.42. The Morgan fingerprint density at radius 1 is 0.786 bits per heavy atom. The fourth-order valence-electron chi connectivity index (χ4n) is 11.3. The van der Waals surface area contributed by atoms with E-state index in [-0.39, 0.29) is 36.8 Å². The molecule has 2 unspecified atom stereocenters. The molecule has 2 bridgehead atoms. The van der Waals surface area contributed by atoms with E-state index in [1.807, 2.05) is 88.7 Å². The van der Waals surface area contributed by atoms with Crippen LogP contribution in [0.3, 0.4) is 0 Å². The maximum atomic E-state index is 14.8. The minimum Gasteiger partial charge on any atom is -0.457 e. The van der Waals surface area contributed by atoms with Gasteiger partial charge < -0.3 is 57.0 Å². The lowest BCUT2D eigenvalue weighted by molar-refractivity contribution is -0.903. The summed E-state index contributed by atoms with van der Waals surface area (Å²) in [6.45, 7) is 25.1. The Hall–Kier alpha value is -3.77. The van der Waals surface area contributed by atoms with Gasteiger partial charge in [-0.25, -0.2) is 9.59 Å². The third kappa shape index (κ3) is 12.5. The number of likely N-dealkylation sites (N-methyl/N-ethyl adjacent to an activating group) is 1. The van der Waals surface area contributed by atoms with E-state index in [1.165, 1.54) is 0 Å². The van der Waals surface area contributed by atoms with Crippen molar-refractivity contribution in [1.82, 2.24) is 0 Å². The summed E-state index contributed by atoms with van der Waals surface area (Å²) in [5, 5.41) is 13.3. The van der Waals surface area contributed by atoms with Gasteiger partial charge in [-0.15, -0.1) is 0 Å². The fraction of sp³-hybridized carbons (Fsp3) is 0.691. The Balaban J connectivity index is 1.44. The number of ether oxygens (including phenoxy) is 10. The lowest BCUT2D eigenvalue weighted by atomic mass is 9.74. The summed E-state index contributed by atoms with van der Waals surface area (Å²) in [5.74, 6) is -5.02. The molecule has 4 fully saturated rings. The molecule has 4 aliphatic rings. The average molecular weight is 981 g/mol. The number of rotatable bonds is 11. The molecule has 15 heteroatoms. The van der Waals surface area contributed by atoms with E-state index < -0.39 is 108 Å². The molecule has 0 amide bonds. The number of esters is 3. The zero-order chi connectivity index (χ0) is 51.7. The molecular weight excluding hydrogens is 899 g/mol. The van der Waals surface area contributed by atoms with Crippen molar-refractivity contribution in [1.29, 1.82) is 0 Å². The first-order valence-corrected chi connectivity index (χ1v) is 25.2. The van der Waals surface area contributed by atoms with Crippen LogP contribution in [-0.4, -0.2) is 146 Å². The van der Waals surface area contributed by atoms with Gasteiger partial charge in [-0.05, 0) is 97.1 Å². The Kier molecular flexibility index (Phi) is 17.6. The molecule has 70 heavy (non-hydrogen) atoms. The summed E-state index contributed by atoms with van der Waals surface area (Å²) in [7, 11) is 7.66. The highest BCUT2D eigenvalue weighted by atomic mass is 16.7. The number of methoxy groups -OCH3 is 1.